The highest BCUT2D eigenvalue weighted by Gasteiger charge is 2.37. The second-order valence-electron chi connectivity index (χ2n) is 4.69. The fourth-order valence-corrected chi connectivity index (χ4v) is 3.51. The highest BCUT2D eigenvalue weighted by atomic mass is 32.1. The van der Waals surface area contributed by atoms with Gasteiger partial charge in [-0.3, -0.25) is 0 Å². The summed E-state index contributed by atoms with van der Waals surface area (Å²) in [7, 11) is 0. The van der Waals surface area contributed by atoms with Gasteiger partial charge in [0.2, 0.25) is 5.13 Å². The third-order valence-electron chi connectivity index (χ3n) is 3.62. The number of anilines is 1. The van der Waals surface area contributed by atoms with Crippen LogP contribution in [0, 0.1) is 12.8 Å². The van der Waals surface area contributed by atoms with Crippen LogP contribution in [0.5, 0.6) is 0 Å². The smallest absolute Gasteiger partial charge is 0.202 e. The van der Waals surface area contributed by atoms with Crippen LogP contribution in [0.15, 0.2) is 0 Å². The van der Waals surface area contributed by atoms with Crippen LogP contribution in [-0.4, -0.2) is 28.1 Å². The number of hydrogen-bond donors (Lipinski definition) is 1. The summed E-state index contributed by atoms with van der Waals surface area (Å²) in [6.45, 7) is 2.87. The molecule has 0 spiro atoms. The van der Waals surface area contributed by atoms with Gasteiger partial charge in [-0.2, -0.15) is 4.37 Å². The van der Waals surface area contributed by atoms with Crippen LogP contribution in [0.2, 0.25) is 0 Å². The summed E-state index contributed by atoms with van der Waals surface area (Å²) in [5.41, 5.74) is 0. The van der Waals surface area contributed by atoms with E-state index in [1.165, 1.54) is 37.2 Å². The predicted octanol–water partition coefficient (Wildman–Crippen LogP) is 2.22. The average molecular weight is 239 g/mol. The molecule has 0 unspecified atom stereocenters. The first-order valence-corrected chi connectivity index (χ1v) is 6.79. The molecule has 1 aromatic heterocycles. The summed E-state index contributed by atoms with van der Waals surface area (Å²) in [4.78, 5) is 4.37. The Morgan fingerprint density at radius 3 is 3.12 bits per heavy atom. The van der Waals surface area contributed by atoms with Gasteiger partial charge in [-0.05, 0) is 32.6 Å². The molecular formula is C11H17N3OS. The molecule has 1 aliphatic heterocycles. The second kappa shape index (κ2) is 4.30. The average Bonchev–Trinajstić information content (AvgIpc) is 2.87. The lowest BCUT2D eigenvalue weighted by molar-refractivity contribution is 0.0620. The number of fused-ring (bicyclic) bond motifs is 1. The van der Waals surface area contributed by atoms with Gasteiger partial charge in [0.25, 0.3) is 0 Å². The molecule has 1 aliphatic carbocycles. The van der Waals surface area contributed by atoms with Crippen LogP contribution >= 0.6 is 11.5 Å². The number of nitrogens with zero attached hydrogens (tertiary/aromatic N) is 2. The fourth-order valence-electron chi connectivity index (χ4n) is 2.87. The third kappa shape index (κ3) is 1.94. The van der Waals surface area contributed by atoms with Gasteiger partial charge in [-0.15, -0.1) is 0 Å². The first-order valence-electron chi connectivity index (χ1n) is 6.01. The predicted molar refractivity (Wildman–Crippen MR) is 63.8 cm³/mol. The normalized spacial score (nSPS) is 33.7. The van der Waals surface area contributed by atoms with Crippen molar-refractivity contribution in [2.75, 3.05) is 11.9 Å². The van der Waals surface area contributed by atoms with Crippen molar-refractivity contribution in [3.63, 3.8) is 0 Å². The van der Waals surface area contributed by atoms with Crippen LogP contribution < -0.4 is 5.32 Å². The topological polar surface area (TPSA) is 47.0 Å². The number of ether oxygens (including phenoxy) is 1. The Kier molecular flexibility index (Phi) is 2.81. The van der Waals surface area contributed by atoms with Crippen LogP contribution in [0.3, 0.4) is 0 Å². The lowest BCUT2D eigenvalue weighted by Crippen LogP contribution is -2.38. The second-order valence-corrected chi connectivity index (χ2v) is 5.44. The summed E-state index contributed by atoms with van der Waals surface area (Å²) in [6.07, 6.45) is 5.41. The number of aromatic nitrogens is 2. The minimum Gasteiger partial charge on any atom is -0.378 e. The Hall–Kier alpha value is -0.680. The minimum atomic E-state index is 0.486. The maximum atomic E-state index is 5.76. The molecule has 16 heavy (non-hydrogen) atoms. The maximum absolute atomic E-state index is 5.76. The molecule has 1 saturated heterocycles. The van der Waals surface area contributed by atoms with Gasteiger partial charge in [0, 0.05) is 30.1 Å². The molecule has 4 nitrogen and oxygen atoms in total. The third-order valence-corrected chi connectivity index (χ3v) is 4.36. The molecule has 0 amide bonds. The van der Waals surface area contributed by atoms with E-state index < -0.39 is 0 Å². The first kappa shape index (κ1) is 10.5. The van der Waals surface area contributed by atoms with Crippen molar-refractivity contribution in [3.8, 4) is 0 Å². The van der Waals surface area contributed by atoms with Crippen LogP contribution in [0.25, 0.3) is 0 Å². The molecule has 1 aromatic rings. The zero-order chi connectivity index (χ0) is 11.0. The van der Waals surface area contributed by atoms with Gasteiger partial charge in [0.15, 0.2) is 0 Å². The Bertz CT molecular complexity index is 368. The number of hydrogen-bond acceptors (Lipinski definition) is 5. The van der Waals surface area contributed by atoms with E-state index in [-0.39, 0.29) is 0 Å². The van der Waals surface area contributed by atoms with E-state index in [9.17, 15) is 0 Å². The number of aryl methyl sites for hydroxylation is 1. The molecule has 3 rings (SSSR count). The van der Waals surface area contributed by atoms with Gasteiger partial charge in [-0.1, -0.05) is 0 Å². The Morgan fingerprint density at radius 1 is 1.38 bits per heavy atom. The molecule has 5 heteroatoms. The number of rotatable bonds is 2. The van der Waals surface area contributed by atoms with E-state index in [2.05, 4.69) is 14.7 Å². The van der Waals surface area contributed by atoms with Crippen molar-refractivity contribution >= 4 is 16.7 Å². The lowest BCUT2D eigenvalue weighted by Gasteiger charge is -2.32. The summed E-state index contributed by atoms with van der Waals surface area (Å²) in [5.74, 6) is 1.54. The Balaban J connectivity index is 1.69. The SMILES string of the molecule is Cc1nsc(N[C@@H]2CCC[C@@H]3OCC[C@@H]32)n1. The van der Waals surface area contributed by atoms with E-state index >= 15 is 0 Å². The van der Waals surface area contributed by atoms with Crippen molar-refractivity contribution in [2.45, 2.75) is 44.8 Å². The monoisotopic (exact) mass is 239 g/mol. The van der Waals surface area contributed by atoms with E-state index in [0.717, 1.165) is 17.6 Å². The maximum Gasteiger partial charge on any atom is 0.202 e. The minimum absolute atomic E-state index is 0.486. The summed E-state index contributed by atoms with van der Waals surface area (Å²) >= 11 is 1.46. The molecule has 2 aliphatic rings. The zero-order valence-corrected chi connectivity index (χ0v) is 10.3. The van der Waals surface area contributed by atoms with Gasteiger partial charge in [-0.25, -0.2) is 4.98 Å². The van der Waals surface area contributed by atoms with E-state index in [1.807, 2.05) is 6.92 Å². The van der Waals surface area contributed by atoms with E-state index in [0.29, 0.717) is 18.1 Å². The standard InChI is InChI=1S/C11H17N3OS/c1-7-12-11(16-14-7)13-9-3-2-4-10-8(9)5-6-15-10/h8-10H,2-6H2,1H3,(H,12,13,14)/t8-,9-,10+/m1/s1. The number of nitrogens with one attached hydrogen (secondary N) is 1. The molecular weight excluding hydrogens is 222 g/mol. The highest BCUT2D eigenvalue weighted by Crippen LogP contribution is 2.36. The van der Waals surface area contributed by atoms with Gasteiger partial charge < -0.3 is 10.1 Å². The van der Waals surface area contributed by atoms with Gasteiger partial charge >= 0.3 is 0 Å². The van der Waals surface area contributed by atoms with Gasteiger partial charge in [0.05, 0.1) is 6.10 Å². The summed E-state index contributed by atoms with van der Waals surface area (Å²) in [5, 5.41) is 4.51. The molecule has 2 heterocycles. The van der Waals surface area contributed by atoms with Crippen LogP contribution in [-0.2, 0) is 4.74 Å². The van der Waals surface area contributed by atoms with Gasteiger partial charge in [0.1, 0.15) is 5.82 Å². The Morgan fingerprint density at radius 2 is 2.31 bits per heavy atom. The van der Waals surface area contributed by atoms with E-state index in [1.54, 1.807) is 0 Å². The molecule has 0 bridgehead atoms. The summed E-state index contributed by atoms with van der Waals surface area (Å²) < 4.78 is 9.96. The molecule has 0 aromatic carbocycles. The van der Waals surface area contributed by atoms with Crippen molar-refractivity contribution < 1.29 is 4.74 Å². The summed E-state index contributed by atoms with van der Waals surface area (Å²) in [6, 6.07) is 0.536. The lowest BCUT2D eigenvalue weighted by atomic mass is 9.82. The zero-order valence-electron chi connectivity index (χ0n) is 9.48. The van der Waals surface area contributed by atoms with Crippen molar-refractivity contribution in [1.29, 1.82) is 0 Å². The molecule has 1 saturated carbocycles. The van der Waals surface area contributed by atoms with Crippen LogP contribution in [0.1, 0.15) is 31.5 Å². The molecule has 88 valence electrons. The largest absolute Gasteiger partial charge is 0.378 e. The first-order chi connectivity index (χ1) is 7.83. The molecule has 1 N–H and O–H groups in total. The molecule has 0 radical (unpaired) electrons. The van der Waals surface area contributed by atoms with Crippen molar-refractivity contribution in [3.05, 3.63) is 5.82 Å². The quantitative estimate of drug-likeness (QED) is 0.859. The molecule has 2 fully saturated rings. The van der Waals surface area contributed by atoms with Crippen molar-refractivity contribution in [1.82, 2.24) is 9.36 Å². The van der Waals surface area contributed by atoms with Crippen molar-refractivity contribution in [2.24, 2.45) is 5.92 Å². The fraction of sp³-hybridized carbons (Fsp3) is 0.818. The molecule has 3 atom stereocenters. The Labute approximate surface area is 99.6 Å². The van der Waals surface area contributed by atoms with E-state index in [4.69, 9.17) is 4.74 Å². The van der Waals surface area contributed by atoms with Crippen LogP contribution in [0.4, 0.5) is 5.13 Å². The highest BCUT2D eigenvalue weighted by molar-refractivity contribution is 7.09.